The van der Waals surface area contributed by atoms with Gasteiger partial charge in [-0.2, -0.15) is 0 Å². The third-order valence-corrected chi connectivity index (χ3v) is 4.11. The van der Waals surface area contributed by atoms with E-state index in [1.807, 2.05) is 13.1 Å². The molecule has 0 aromatic rings. The summed E-state index contributed by atoms with van der Waals surface area (Å²) in [6.07, 6.45) is 1.02. The smallest absolute Gasteiger partial charge is 0.331 e. The van der Waals surface area contributed by atoms with Gasteiger partial charge >= 0.3 is 8.56 Å². The van der Waals surface area contributed by atoms with Crippen LogP contribution in [0.1, 0.15) is 13.3 Å². The molecule has 0 spiro atoms. The Morgan fingerprint density at radius 3 is 1.65 bits per heavy atom. The third kappa shape index (κ3) is 14.4. The fourth-order valence-electron chi connectivity index (χ4n) is 1.37. The highest BCUT2D eigenvalue weighted by atomic mass is 28.4. The van der Waals surface area contributed by atoms with Crippen LogP contribution in [-0.2, 0) is 23.1 Å². The quantitative estimate of drug-likeness (QED) is 0.362. The van der Waals surface area contributed by atoms with Crippen molar-refractivity contribution in [2.24, 2.45) is 0 Å². The fraction of sp³-hybridized carbons (Fsp3) is 1.00. The number of ether oxygens (including phenoxy) is 3. The molecule has 0 aliphatic carbocycles. The zero-order valence-electron chi connectivity index (χ0n) is 13.1. The molecule has 0 aromatic carbocycles. The Bertz CT molecular complexity index is 203. The predicted octanol–water partition coefficient (Wildman–Crippen LogP) is 1.17. The minimum absolute atomic E-state index is 0.0439. The Balaban J connectivity index is 3.33. The van der Waals surface area contributed by atoms with Crippen molar-refractivity contribution in [2.75, 3.05) is 59.5 Å². The van der Waals surface area contributed by atoms with Crippen LogP contribution in [0.15, 0.2) is 0 Å². The van der Waals surface area contributed by atoms with Crippen molar-refractivity contribution in [2.45, 2.75) is 26.4 Å². The summed E-state index contributed by atoms with van der Waals surface area (Å²) >= 11 is 0. The van der Waals surface area contributed by atoms with E-state index in [1.54, 1.807) is 0 Å². The van der Waals surface area contributed by atoms with Crippen LogP contribution in [0.25, 0.3) is 0 Å². The average Bonchev–Trinajstić information content (AvgIpc) is 2.41. The van der Waals surface area contributed by atoms with E-state index in [4.69, 9.17) is 28.2 Å². The molecule has 0 aromatic heterocycles. The zero-order chi connectivity index (χ0) is 15.1. The molecule has 0 fully saturated rings. The van der Waals surface area contributed by atoms with Crippen molar-refractivity contribution in [1.82, 2.24) is 0 Å². The van der Waals surface area contributed by atoms with E-state index in [2.05, 4.69) is 6.92 Å². The molecule has 0 aliphatic rings. The second-order valence-corrected chi connectivity index (χ2v) is 8.03. The van der Waals surface area contributed by atoms with E-state index < -0.39 is 8.56 Å². The average molecular weight is 310 g/mol. The summed E-state index contributed by atoms with van der Waals surface area (Å²) in [6.45, 7) is 10.5. The van der Waals surface area contributed by atoms with Gasteiger partial charge < -0.3 is 28.2 Å². The van der Waals surface area contributed by atoms with E-state index in [0.717, 1.165) is 13.0 Å². The largest absolute Gasteiger partial charge is 0.394 e. The zero-order valence-corrected chi connectivity index (χ0v) is 14.1. The fourth-order valence-corrected chi connectivity index (χ4v) is 2.60. The van der Waals surface area contributed by atoms with E-state index >= 15 is 0 Å². The molecule has 0 atom stereocenters. The SMILES string of the molecule is CCCOCCO[Si](C)(C)OCCOCCOCCO. The molecule has 0 unspecified atom stereocenters. The van der Waals surface area contributed by atoms with Gasteiger partial charge in [-0.05, 0) is 19.5 Å². The highest BCUT2D eigenvalue weighted by Crippen LogP contribution is 2.05. The van der Waals surface area contributed by atoms with Crippen LogP contribution in [0, 0.1) is 0 Å². The van der Waals surface area contributed by atoms with Gasteiger partial charge in [0.15, 0.2) is 0 Å². The molecule has 0 heterocycles. The Morgan fingerprint density at radius 1 is 0.700 bits per heavy atom. The first kappa shape index (κ1) is 20.0. The second kappa shape index (κ2) is 13.9. The highest BCUT2D eigenvalue weighted by Gasteiger charge is 2.23. The lowest BCUT2D eigenvalue weighted by molar-refractivity contribution is 0.0189. The lowest BCUT2D eigenvalue weighted by atomic mass is 10.5. The maximum atomic E-state index is 8.51. The van der Waals surface area contributed by atoms with E-state index in [9.17, 15) is 0 Å². The summed E-state index contributed by atoms with van der Waals surface area (Å²) in [5.41, 5.74) is 0. The third-order valence-electron chi connectivity index (χ3n) is 2.31. The lowest BCUT2D eigenvalue weighted by Gasteiger charge is -2.22. The van der Waals surface area contributed by atoms with Crippen LogP contribution in [-0.4, -0.2) is 73.1 Å². The lowest BCUT2D eigenvalue weighted by Crippen LogP contribution is -2.37. The molecule has 20 heavy (non-hydrogen) atoms. The molecule has 6 nitrogen and oxygen atoms in total. The first-order valence-corrected chi connectivity index (χ1v) is 10.1. The summed E-state index contributed by atoms with van der Waals surface area (Å²) in [6, 6.07) is 0. The van der Waals surface area contributed by atoms with Crippen LogP contribution < -0.4 is 0 Å². The maximum absolute atomic E-state index is 8.51. The van der Waals surface area contributed by atoms with Gasteiger partial charge in [-0.1, -0.05) is 6.92 Å². The molecular formula is C13H30O6Si. The Kier molecular flexibility index (Phi) is 13.9. The van der Waals surface area contributed by atoms with Crippen molar-refractivity contribution >= 4 is 8.56 Å². The van der Waals surface area contributed by atoms with Gasteiger partial charge in [0.05, 0.1) is 52.9 Å². The topological polar surface area (TPSA) is 66.4 Å². The Hall–Kier alpha value is -0.0231. The Morgan fingerprint density at radius 2 is 1.15 bits per heavy atom. The van der Waals surface area contributed by atoms with E-state index in [-0.39, 0.29) is 6.61 Å². The van der Waals surface area contributed by atoms with Gasteiger partial charge in [0.25, 0.3) is 0 Å². The maximum Gasteiger partial charge on any atom is 0.331 e. The highest BCUT2D eigenvalue weighted by molar-refractivity contribution is 6.64. The van der Waals surface area contributed by atoms with Gasteiger partial charge in [-0.25, -0.2) is 0 Å². The summed E-state index contributed by atoms with van der Waals surface area (Å²) in [5.74, 6) is 0. The van der Waals surface area contributed by atoms with Crippen molar-refractivity contribution < 1.29 is 28.2 Å². The first-order valence-electron chi connectivity index (χ1n) is 7.24. The number of rotatable bonds is 15. The summed E-state index contributed by atoms with van der Waals surface area (Å²) in [7, 11) is -2.07. The molecule has 0 amide bonds. The van der Waals surface area contributed by atoms with Crippen molar-refractivity contribution in [3.05, 3.63) is 0 Å². The predicted molar refractivity (Wildman–Crippen MR) is 79.2 cm³/mol. The van der Waals surface area contributed by atoms with Gasteiger partial charge in [0, 0.05) is 6.61 Å². The van der Waals surface area contributed by atoms with Crippen LogP contribution in [0.4, 0.5) is 0 Å². The number of aliphatic hydroxyl groups excluding tert-OH is 1. The van der Waals surface area contributed by atoms with E-state index in [1.165, 1.54) is 0 Å². The number of aliphatic hydroxyl groups is 1. The van der Waals surface area contributed by atoms with Crippen molar-refractivity contribution in [3.63, 3.8) is 0 Å². The summed E-state index contributed by atoms with van der Waals surface area (Å²) in [4.78, 5) is 0. The normalized spacial score (nSPS) is 12.0. The second-order valence-electron chi connectivity index (χ2n) is 4.66. The van der Waals surface area contributed by atoms with Crippen molar-refractivity contribution in [3.8, 4) is 0 Å². The molecule has 0 aliphatic heterocycles. The molecule has 0 radical (unpaired) electrons. The van der Waals surface area contributed by atoms with Gasteiger partial charge in [-0.15, -0.1) is 0 Å². The molecule has 7 heteroatoms. The Labute approximate surface area is 123 Å². The number of hydrogen-bond acceptors (Lipinski definition) is 6. The standard InChI is InChI=1S/C13H30O6Si/c1-4-6-15-10-12-18-20(2,3)19-13-11-17-9-8-16-7-5-14/h14H,4-13H2,1-3H3. The van der Waals surface area contributed by atoms with E-state index in [0.29, 0.717) is 46.2 Å². The minimum Gasteiger partial charge on any atom is -0.394 e. The molecule has 0 saturated heterocycles. The van der Waals surface area contributed by atoms with Gasteiger partial charge in [0.1, 0.15) is 0 Å². The molecule has 122 valence electrons. The summed E-state index contributed by atoms with van der Waals surface area (Å²) < 4.78 is 27.2. The first-order chi connectivity index (χ1) is 9.62. The molecule has 0 bridgehead atoms. The van der Waals surface area contributed by atoms with Crippen LogP contribution in [0.5, 0.6) is 0 Å². The van der Waals surface area contributed by atoms with Gasteiger partial charge in [-0.3, -0.25) is 0 Å². The molecule has 1 N–H and O–H groups in total. The van der Waals surface area contributed by atoms with Crippen LogP contribution in [0.2, 0.25) is 13.1 Å². The van der Waals surface area contributed by atoms with Crippen molar-refractivity contribution in [1.29, 1.82) is 0 Å². The summed E-state index contributed by atoms with van der Waals surface area (Å²) in [5, 5.41) is 8.51. The number of hydrogen-bond donors (Lipinski definition) is 1. The minimum atomic E-state index is -2.07. The monoisotopic (exact) mass is 310 g/mol. The van der Waals surface area contributed by atoms with Crippen LogP contribution >= 0.6 is 0 Å². The molecule has 0 rings (SSSR count). The van der Waals surface area contributed by atoms with Gasteiger partial charge in [0.2, 0.25) is 0 Å². The molecule has 0 saturated carbocycles. The van der Waals surface area contributed by atoms with Crippen LogP contribution in [0.3, 0.4) is 0 Å². The molecular weight excluding hydrogens is 280 g/mol.